The van der Waals surface area contributed by atoms with Crippen LogP contribution in [0.25, 0.3) is 0 Å². The molecule has 0 aliphatic carbocycles. The minimum Gasteiger partial charge on any atom is -0.481 e. The number of hydrogen-bond acceptors (Lipinski definition) is 7. The fourth-order valence-electron chi connectivity index (χ4n) is 3.18. The summed E-state index contributed by atoms with van der Waals surface area (Å²) in [4.78, 5) is 60.4. The van der Waals surface area contributed by atoms with Gasteiger partial charge in [-0.15, -0.1) is 0 Å². The van der Waals surface area contributed by atoms with E-state index in [2.05, 4.69) is 28.6 Å². The molecule has 4 atom stereocenters. The van der Waals surface area contributed by atoms with E-state index in [9.17, 15) is 29.1 Å². The van der Waals surface area contributed by atoms with Crippen LogP contribution in [0.15, 0.2) is 30.3 Å². The van der Waals surface area contributed by atoms with E-state index in [1.807, 2.05) is 13.8 Å². The van der Waals surface area contributed by atoms with Gasteiger partial charge in [-0.1, -0.05) is 44.2 Å². The quantitative estimate of drug-likeness (QED) is 0.160. The molecule has 1 aromatic carbocycles. The van der Waals surface area contributed by atoms with Crippen molar-refractivity contribution in [3.8, 4) is 0 Å². The first-order valence-corrected chi connectivity index (χ1v) is 11.8. The van der Waals surface area contributed by atoms with E-state index in [1.54, 1.807) is 30.3 Å². The van der Waals surface area contributed by atoms with Gasteiger partial charge in [0, 0.05) is 18.6 Å². The molecule has 3 amide bonds. The van der Waals surface area contributed by atoms with Crippen molar-refractivity contribution in [3.05, 3.63) is 35.9 Å². The molecular weight excluding hydrogens is 476 g/mol. The van der Waals surface area contributed by atoms with E-state index in [4.69, 9.17) is 10.8 Å². The third-order valence-corrected chi connectivity index (χ3v) is 5.42. The number of nitrogens with one attached hydrogen (secondary N) is 3. The highest BCUT2D eigenvalue weighted by molar-refractivity contribution is 7.80. The summed E-state index contributed by atoms with van der Waals surface area (Å²) in [5.41, 5.74) is 6.44. The molecular formula is C23H34N4O7S. The van der Waals surface area contributed by atoms with Crippen molar-refractivity contribution in [2.45, 2.75) is 63.7 Å². The van der Waals surface area contributed by atoms with E-state index in [0.717, 1.165) is 0 Å². The van der Waals surface area contributed by atoms with Crippen molar-refractivity contribution in [3.63, 3.8) is 0 Å². The summed E-state index contributed by atoms with van der Waals surface area (Å²) in [5, 5.41) is 25.7. The predicted octanol–water partition coefficient (Wildman–Crippen LogP) is -0.0639. The van der Waals surface area contributed by atoms with Crippen LogP contribution in [-0.2, 0) is 30.4 Å². The fourth-order valence-corrected chi connectivity index (χ4v) is 3.44. The van der Waals surface area contributed by atoms with Crippen molar-refractivity contribution in [1.82, 2.24) is 16.0 Å². The summed E-state index contributed by atoms with van der Waals surface area (Å²) in [5.74, 6) is -4.54. The van der Waals surface area contributed by atoms with Gasteiger partial charge < -0.3 is 31.9 Å². The van der Waals surface area contributed by atoms with Crippen LogP contribution in [0.2, 0.25) is 0 Å². The number of carboxylic acid groups (broad SMARTS) is 2. The number of aliphatic carboxylic acids is 2. The summed E-state index contributed by atoms with van der Waals surface area (Å²) < 4.78 is 0. The second kappa shape index (κ2) is 15.0. The van der Waals surface area contributed by atoms with Gasteiger partial charge in [-0.25, -0.2) is 4.79 Å². The molecule has 0 bridgehead atoms. The molecule has 0 aliphatic rings. The van der Waals surface area contributed by atoms with Gasteiger partial charge >= 0.3 is 11.9 Å². The maximum Gasteiger partial charge on any atom is 0.326 e. The number of rotatable bonds is 15. The summed E-state index contributed by atoms with van der Waals surface area (Å²) in [6.45, 7) is 3.67. The summed E-state index contributed by atoms with van der Waals surface area (Å²) in [7, 11) is 0. The summed E-state index contributed by atoms with van der Waals surface area (Å²) in [6.07, 6.45) is -0.118. The number of carbonyl (C=O) groups is 5. The largest absolute Gasteiger partial charge is 0.481 e. The molecule has 7 N–H and O–H groups in total. The van der Waals surface area contributed by atoms with E-state index < -0.39 is 53.8 Å². The van der Waals surface area contributed by atoms with Gasteiger partial charge in [0.05, 0.1) is 6.04 Å². The molecule has 0 saturated carbocycles. The number of amides is 3. The molecule has 0 heterocycles. The molecule has 0 saturated heterocycles. The van der Waals surface area contributed by atoms with Crippen LogP contribution in [0.5, 0.6) is 0 Å². The van der Waals surface area contributed by atoms with Gasteiger partial charge in [0.2, 0.25) is 17.7 Å². The van der Waals surface area contributed by atoms with E-state index in [1.165, 1.54) is 0 Å². The lowest BCUT2D eigenvalue weighted by molar-refractivity contribution is -0.142. The Morgan fingerprint density at radius 1 is 0.886 bits per heavy atom. The van der Waals surface area contributed by atoms with E-state index in [-0.39, 0.29) is 37.4 Å². The minimum absolute atomic E-state index is 0.00756. The first-order valence-electron chi connectivity index (χ1n) is 11.2. The normalized spacial score (nSPS) is 14.3. The number of thiol groups is 1. The lowest BCUT2D eigenvalue weighted by atomic mass is 10.0. The molecule has 12 heteroatoms. The van der Waals surface area contributed by atoms with Crippen LogP contribution in [0, 0.1) is 5.92 Å². The van der Waals surface area contributed by atoms with Crippen LogP contribution >= 0.6 is 12.6 Å². The van der Waals surface area contributed by atoms with Crippen molar-refractivity contribution >= 4 is 42.3 Å². The predicted molar refractivity (Wildman–Crippen MR) is 132 cm³/mol. The molecule has 0 fully saturated rings. The van der Waals surface area contributed by atoms with Gasteiger partial charge in [-0.05, 0) is 24.3 Å². The Kier molecular flexibility index (Phi) is 12.8. The third kappa shape index (κ3) is 11.2. The van der Waals surface area contributed by atoms with E-state index in [0.29, 0.717) is 5.56 Å². The molecule has 0 aromatic heterocycles. The first kappa shape index (κ1) is 29.9. The lowest BCUT2D eigenvalue weighted by Gasteiger charge is -2.25. The average Bonchev–Trinajstić information content (AvgIpc) is 2.79. The molecule has 35 heavy (non-hydrogen) atoms. The second-order valence-corrected chi connectivity index (χ2v) is 8.93. The highest BCUT2D eigenvalue weighted by Crippen LogP contribution is 2.08. The molecule has 194 valence electrons. The molecule has 0 aliphatic heterocycles. The standard InChI is InChI=1S/C23H34N4O7S/c1-13(2)10-16(25-20(30)15(24)8-9-19(28)29)21(31)27-18(12-35)22(32)26-17(23(33)34)11-14-6-4-3-5-7-14/h3-7,13,15-18,35H,8-12,24H2,1-2H3,(H,25,30)(H,26,32)(H,27,31)(H,28,29)(H,33,34). The highest BCUT2D eigenvalue weighted by atomic mass is 32.1. The third-order valence-electron chi connectivity index (χ3n) is 5.06. The van der Waals surface area contributed by atoms with Crippen LogP contribution < -0.4 is 21.7 Å². The SMILES string of the molecule is CC(C)CC(NC(=O)C(N)CCC(=O)O)C(=O)NC(CS)C(=O)NC(Cc1ccccc1)C(=O)O. The Morgan fingerprint density at radius 2 is 1.43 bits per heavy atom. The van der Waals surface area contributed by atoms with Crippen LogP contribution in [0.1, 0.15) is 38.7 Å². The van der Waals surface area contributed by atoms with Crippen molar-refractivity contribution < 1.29 is 34.2 Å². The maximum absolute atomic E-state index is 12.9. The monoisotopic (exact) mass is 510 g/mol. The first-order chi connectivity index (χ1) is 16.4. The number of hydrogen-bond donors (Lipinski definition) is 7. The summed E-state index contributed by atoms with van der Waals surface area (Å²) in [6, 6.07) is 4.24. The molecule has 0 radical (unpaired) electrons. The maximum atomic E-state index is 12.9. The zero-order valence-electron chi connectivity index (χ0n) is 19.8. The Morgan fingerprint density at radius 3 is 1.94 bits per heavy atom. The number of carboxylic acids is 2. The number of benzene rings is 1. The van der Waals surface area contributed by atoms with Crippen molar-refractivity contribution in [1.29, 1.82) is 0 Å². The van der Waals surface area contributed by atoms with Gasteiger partial charge in [-0.2, -0.15) is 12.6 Å². The average molecular weight is 511 g/mol. The Labute approximate surface area is 209 Å². The van der Waals surface area contributed by atoms with Gasteiger partial charge in [-0.3, -0.25) is 19.2 Å². The zero-order chi connectivity index (χ0) is 26.5. The van der Waals surface area contributed by atoms with Crippen molar-refractivity contribution in [2.24, 2.45) is 11.7 Å². The number of carbonyl (C=O) groups excluding carboxylic acids is 3. The molecule has 0 spiro atoms. The van der Waals surface area contributed by atoms with Gasteiger partial charge in [0.25, 0.3) is 0 Å². The highest BCUT2D eigenvalue weighted by Gasteiger charge is 2.30. The van der Waals surface area contributed by atoms with Gasteiger partial charge in [0.1, 0.15) is 18.1 Å². The Balaban J connectivity index is 2.85. The second-order valence-electron chi connectivity index (χ2n) is 8.56. The number of nitrogens with two attached hydrogens (primary N) is 1. The van der Waals surface area contributed by atoms with E-state index >= 15 is 0 Å². The molecule has 11 nitrogen and oxygen atoms in total. The van der Waals surface area contributed by atoms with Crippen molar-refractivity contribution in [2.75, 3.05) is 5.75 Å². The van der Waals surface area contributed by atoms with Crippen LogP contribution in [0.3, 0.4) is 0 Å². The minimum atomic E-state index is -1.23. The molecule has 1 rings (SSSR count). The molecule has 1 aromatic rings. The lowest BCUT2D eigenvalue weighted by Crippen LogP contribution is -2.58. The fraction of sp³-hybridized carbons (Fsp3) is 0.522. The van der Waals surface area contributed by atoms with Crippen LogP contribution in [-0.4, -0.2) is 69.8 Å². The Hall–Kier alpha value is -3.12. The summed E-state index contributed by atoms with van der Waals surface area (Å²) >= 11 is 4.10. The van der Waals surface area contributed by atoms with Gasteiger partial charge in [0.15, 0.2) is 0 Å². The topological polar surface area (TPSA) is 188 Å². The van der Waals surface area contributed by atoms with Crippen LogP contribution in [0.4, 0.5) is 0 Å². The Bertz CT molecular complexity index is 882. The zero-order valence-corrected chi connectivity index (χ0v) is 20.7. The molecule has 4 unspecified atom stereocenters. The smallest absolute Gasteiger partial charge is 0.326 e.